The first-order valence-electron chi connectivity index (χ1n) is 7.52. The van der Waals surface area contributed by atoms with Crippen molar-refractivity contribution in [1.29, 1.82) is 0 Å². The Hall–Kier alpha value is -1.35. The summed E-state index contributed by atoms with van der Waals surface area (Å²) < 4.78 is 0. The second-order valence-electron chi connectivity index (χ2n) is 6.56. The number of carbonyl (C=O) groups excluding carboxylic acids is 1. The smallest absolute Gasteiger partial charge is 0.228 e. The average Bonchev–Trinajstić information content (AvgIpc) is 2.78. The van der Waals surface area contributed by atoms with Gasteiger partial charge in [0.1, 0.15) is 0 Å². The van der Waals surface area contributed by atoms with E-state index in [1.54, 1.807) is 0 Å². The number of amides is 1. The summed E-state index contributed by atoms with van der Waals surface area (Å²) in [6.07, 6.45) is 3.31. The van der Waals surface area contributed by atoms with Gasteiger partial charge in [-0.2, -0.15) is 0 Å². The Kier molecular flexibility index (Phi) is 4.48. The highest BCUT2D eigenvalue weighted by atomic mass is 16.1. The Bertz CT molecular complexity index is 464. The lowest BCUT2D eigenvalue weighted by Gasteiger charge is -2.25. The van der Waals surface area contributed by atoms with Gasteiger partial charge in [0.15, 0.2) is 0 Å². The molecule has 3 nitrogen and oxygen atoms in total. The fraction of sp³-hybridized carbons (Fsp3) is 0.588. The van der Waals surface area contributed by atoms with Crippen molar-refractivity contribution in [2.75, 3.05) is 12.4 Å². The van der Waals surface area contributed by atoms with Crippen LogP contribution in [0.1, 0.15) is 51.6 Å². The van der Waals surface area contributed by atoms with Crippen molar-refractivity contribution in [2.24, 2.45) is 11.3 Å². The molecular weight excluding hydrogens is 248 g/mol. The Morgan fingerprint density at radius 3 is 2.45 bits per heavy atom. The third-order valence-electron chi connectivity index (χ3n) is 4.68. The first-order valence-corrected chi connectivity index (χ1v) is 7.52. The fourth-order valence-electron chi connectivity index (χ4n) is 3.06. The first kappa shape index (κ1) is 15.0. The number of hydrogen-bond donors (Lipinski definition) is 2. The zero-order chi connectivity index (χ0) is 14.8. The fourth-order valence-corrected chi connectivity index (χ4v) is 3.06. The summed E-state index contributed by atoms with van der Waals surface area (Å²) >= 11 is 0. The van der Waals surface area contributed by atoms with E-state index < -0.39 is 0 Å². The Labute approximate surface area is 122 Å². The van der Waals surface area contributed by atoms with Crippen molar-refractivity contribution < 1.29 is 4.79 Å². The largest absolute Gasteiger partial charge is 0.326 e. The van der Waals surface area contributed by atoms with Gasteiger partial charge in [0.05, 0.1) is 0 Å². The minimum Gasteiger partial charge on any atom is -0.326 e. The molecule has 0 radical (unpaired) electrons. The zero-order valence-corrected chi connectivity index (χ0v) is 13.0. The summed E-state index contributed by atoms with van der Waals surface area (Å²) in [6.45, 7) is 6.51. The van der Waals surface area contributed by atoms with E-state index in [0.29, 0.717) is 6.04 Å². The molecule has 20 heavy (non-hydrogen) atoms. The SMILES string of the molecule is CNC(C)c1ccc(NC(=O)C2CCCC2(C)C)cc1. The van der Waals surface area contributed by atoms with Crippen LogP contribution in [0.15, 0.2) is 24.3 Å². The summed E-state index contributed by atoms with van der Waals surface area (Å²) in [7, 11) is 1.95. The van der Waals surface area contributed by atoms with Gasteiger partial charge < -0.3 is 10.6 Å². The van der Waals surface area contributed by atoms with E-state index in [0.717, 1.165) is 24.9 Å². The Balaban J connectivity index is 2.01. The number of carbonyl (C=O) groups is 1. The number of hydrogen-bond acceptors (Lipinski definition) is 2. The number of anilines is 1. The molecule has 0 saturated heterocycles. The minimum atomic E-state index is 0.130. The predicted molar refractivity (Wildman–Crippen MR) is 83.7 cm³/mol. The van der Waals surface area contributed by atoms with Gasteiger partial charge in [-0.15, -0.1) is 0 Å². The monoisotopic (exact) mass is 274 g/mol. The molecule has 1 saturated carbocycles. The molecule has 0 spiro atoms. The standard InChI is InChI=1S/C17H26N2O/c1-12(18-4)13-7-9-14(10-8-13)19-16(20)15-6-5-11-17(15,2)3/h7-10,12,15,18H,5-6,11H2,1-4H3,(H,19,20). The summed E-state index contributed by atoms with van der Waals surface area (Å²) in [5, 5.41) is 6.27. The van der Waals surface area contributed by atoms with Crippen molar-refractivity contribution in [2.45, 2.75) is 46.1 Å². The van der Waals surface area contributed by atoms with E-state index in [2.05, 4.69) is 43.5 Å². The van der Waals surface area contributed by atoms with Crippen LogP contribution < -0.4 is 10.6 Å². The summed E-state index contributed by atoms with van der Waals surface area (Å²) in [6, 6.07) is 8.44. The second-order valence-corrected chi connectivity index (χ2v) is 6.56. The van der Waals surface area contributed by atoms with Crippen LogP contribution in [0.2, 0.25) is 0 Å². The van der Waals surface area contributed by atoms with Crippen LogP contribution >= 0.6 is 0 Å². The van der Waals surface area contributed by atoms with E-state index in [1.165, 1.54) is 5.56 Å². The molecule has 2 N–H and O–H groups in total. The topological polar surface area (TPSA) is 41.1 Å². The molecule has 110 valence electrons. The Morgan fingerprint density at radius 2 is 1.95 bits per heavy atom. The van der Waals surface area contributed by atoms with Crippen LogP contribution in [-0.4, -0.2) is 13.0 Å². The molecule has 0 heterocycles. The highest BCUT2D eigenvalue weighted by molar-refractivity contribution is 5.93. The normalized spacial score (nSPS) is 22.5. The van der Waals surface area contributed by atoms with Crippen LogP contribution in [0.4, 0.5) is 5.69 Å². The van der Waals surface area contributed by atoms with Crippen molar-refractivity contribution in [1.82, 2.24) is 5.32 Å². The molecule has 1 aromatic carbocycles. The van der Waals surface area contributed by atoms with Gasteiger partial charge in [-0.25, -0.2) is 0 Å². The van der Waals surface area contributed by atoms with Crippen LogP contribution in [0, 0.1) is 11.3 Å². The zero-order valence-electron chi connectivity index (χ0n) is 13.0. The van der Waals surface area contributed by atoms with E-state index in [-0.39, 0.29) is 17.2 Å². The van der Waals surface area contributed by atoms with Gasteiger partial charge >= 0.3 is 0 Å². The van der Waals surface area contributed by atoms with Gasteiger partial charge in [0.25, 0.3) is 0 Å². The summed E-state index contributed by atoms with van der Waals surface area (Å²) in [5.41, 5.74) is 2.25. The third kappa shape index (κ3) is 3.21. The minimum absolute atomic E-state index is 0.130. The molecule has 0 bridgehead atoms. The Morgan fingerprint density at radius 1 is 1.30 bits per heavy atom. The summed E-state index contributed by atoms with van der Waals surface area (Å²) in [5.74, 6) is 0.306. The molecular formula is C17H26N2O. The van der Waals surface area contributed by atoms with E-state index in [9.17, 15) is 4.79 Å². The lowest BCUT2D eigenvalue weighted by atomic mass is 9.81. The van der Waals surface area contributed by atoms with E-state index in [1.807, 2.05) is 19.2 Å². The molecule has 2 atom stereocenters. The summed E-state index contributed by atoms with van der Waals surface area (Å²) in [4.78, 5) is 12.4. The van der Waals surface area contributed by atoms with Crippen LogP contribution in [0.5, 0.6) is 0 Å². The van der Waals surface area contributed by atoms with Crippen molar-refractivity contribution in [3.63, 3.8) is 0 Å². The third-order valence-corrected chi connectivity index (χ3v) is 4.68. The molecule has 2 unspecified atom stereocenters. The number of rotatable bonds is 4. The molecule has 1 aliphatic rings. The van der Waals surface area contributed by atoms with Gasteiger partial charge in [0.2, 0.25) is 5.91 Å². The van der Waals surface area contributed by atoms with Crippen molar-refractivity contribution in [3.8, 4) is 0 Å². The van der Waals surface area contributed by atoms with Crippen molar-refractivity contribution >= 4 is 11.6 Å². The van der Waals surface area contributed by atoms with Crippen molar-refractivity contribution in [3.05, 3.63) is 29.8 Å². The second kappa shape index (κ2) is 5.96. The van der Waals surface area contributed by atoms with E-state index >= 15 is 0 Å². The van der Waals surface area contributed by atoms with Crippen LogP contribution in [0.25, 0.3) is 0 Å². The average molecular weight is 274 g/mol. The highest BCUT2D eigenvalue weighted by Crippen LogP contribution is 2.43. The molecule has 3 heteroatoms. The van der Waals surface area contributed by atoms with Crippen LogP contribution in [-0.2, 0) is 4.79 Å². The maximum Gasteiger partial charge on any atom is 0.228 e. The molecule has 0 aromatic heterocycles. The predicted octanol–water partition coefficient (Wildman–Crippen LogP) is 3.73. The molecule has 1 aromatic rings. The lowest BCUT2D eigenvalue weighted by molar-refractivity contribution is -0.122. The highest BCUT2D eigenvalue weighted by Gasteiger charge is 2.39. The first-order chi connectivity index (χ1) is 9.44. The van der Waals surface area contributed by atoms with Gasteiger partial charge in [-0.3, -0.25) is 4.79 Å². The maximum atomic E-state index is 12.4. The number of nitrogens with one attached hydrogen (secondary N) is 2. The van der Waals surface area contributed by atoms with Crippen LogP contribution in [0.3, 0.4) is 0 Å². The van der Waals surface area contributed by atoms with Gasteiger partial charge in [0, 0.05) is 17.6 Å². The molecule has 1 aliphatic carbocycles. The lowest BCUT2D eigenvalue weighted by Crippen LogP contribution is -2.30. The quantitative estimate of drug-likeness (QED) is 0.878. The van der Waals surface area contributed by atoms with Gasteiger partial charge in [-0.1, -0.05) is 32.4 Å². The van der Waals surface area contributed by atoms with E-state index in [4.69, 9.17) is 0 Å². The molecule has 2 rings (SSSR count). The molecule has 1 amide bonds. The van der Waals surface area contributed by atoms with Gasteiger partial charge in [-0.05, 0) is 49.9 Å². The maximum absolute atomic E-state index is 12.4. The molecule has 1 fully saturated rings. The number of benzene rings is 1. The molecule has 0 aliphatic heterocycles.